The van der Waals surface area contributed by atoms with E-state index in [0.29, 0.717) is 11.4 Å². The molecule has 0 bridgehead atoms. The second kappa shape index (κ2) is 6.04. The Kier molecular flexibility index (Phi) is 4.40. The van der Waals surface area contributed by atoms with Gasteiger partial charge in [0.25, 0.3) is 0 Å². The van der Waals surface area contributed by atoms with Crippen molar-refractivity contribution in [1.29, 1.82) is 0 Å². The minimum Gasteiger partial charge on any atom is -0.497 e. The van der Waals surface area contributed by atoms with Crippen LogP contribution in [0.1, 0.15) is 17.2 Å². The summed E-state index contributed by atoms with van der Waals surface area (Å²) < 4.78 is 18.7. The molecule has 2 nitrogen and oxygen atoms in total. The van der Waals surface area contributed by atoms with Gasteiger partial charge in [0.2, 0.25) is 0 Å². The fraction of sp³-hybridized carbons (Fsp3) is 0.200. The molecule has 1 unspecified atom stereocenters. The standard InChI is InChI=1S/C15H14ClFO2/c1-19-12-5-2-10(3-6-12)8-15(18)13-7-4-11(16)9-14(13)17/h2-7,9,15,18H,8H2,1H3. The molecule has 0 saturated heterocycles. The summed E-state index contributed by atoms with van der Waals surface area (Å²) in [7, 11) is 1.59. The molecule has 1 atom stereocenters. The smallest absolute Gasteiger partial charge is 0.130 e. The first-order valence-corrected chi connectivity index (χ1v) is 6.24. The van der Waals surface area contributed by atoms with Crippen LogP contribution in [0.3, 0.4) is 0 Å². The van der Waals surface area contributed by atoms with Crippen molar-refractivity contribution in [3.63, 3.8) is 0 Å². The van der Waals surface area contributed by atoms with Crippen LogP contribution < -0.4 is 4.74 Å². The Morgan fingerprint density at radius 2 is 1.89 bits per heavy atom. The lowest BCUT2D eigenvalue weighted by Gasteiger charge is -2.12. The van der Waals surface area contributed by atoms with Gasteiger partial charge in [0.1, 0.15) is 11.6 Å². The molecule has 0 aliphatic heterocycles. The Labute approximate surface area is 116 Å². The quantitative estimate of drug-likeness (QED) is 0.924. The highest BCUT2D eigenvalue weighted by atomic mass is 35.5. The van der Waals surface area contributed by atoms with Crippen LogP contribution in [0.25, 0.3) is 0 Å². The molecule has 0 heterocycles. The molecule has 0 aliphatic rings. The summed E-state index contributed by atoms with van der Waals surface area (Å²) in [4.78, 5) is 0. The summed E-state index contributed by atoms with van der Waals surface area (Å²) >= 11 is 5.68. The Hall–Kier alpha value is -1.58. The number of aliphatic hydroxyl groups is 1. The molecular weight excluding hydrogens is 267 g/mol. The molecule has 0 radical (unpaired) electrons. The summed E-state index contributed by atoms with van der Waals surface area (Å²) in [6.45, 7) is 0. The fourth-order valence-corrected chi connectivity index (χ4v) is 2.03. The molecule has 19 heavy (non-hydrogen) atoms. The van der Waals surface area contributed by atoms with Gasteiger partial charge in [-0.25, -0.2) is 4.39 Å². The van der Waals surface area contributed by atoms with Gasteiger partial charge in [-0.1, -0.05) is 29.8 Å². The van der Waals surface area contributed by atoms with Crippen molar-refractivity contribution < 1.29 is 14.2 Å². The molecule has 0 saturated carbocycles. The lowest BCUT2D eigenvalue weighted by molar-refractivity contribution is 0.173. The van der Waals surface area contributed by atoms with E-state index in [0.717, 1.165) is 11.3 Å². The second-order valence-electron chi connectivity index (χ2n) is 4.23. The van der Waals surface area contributed by atoms with Gasteiger partial charge in [0.05, 0.1) is 13.2 Å². The predicted octanol–water partition coefficient (Wildman–Crippen LogP) is 3.76. The molecule has 4 heteroatoms. The van der Waals surface area contributed by atoms with Crippen molar-refractivity contribution in [3.05, 3.63) is 64.4 Å². The van der Waals surface area contributed by atoms with Crippen molar-refractivity contribution in [1.82, 2.24) is 0 Å². The van der Waals surface area contributed by atoms with Crippen LogP contribution in [-0.4, -0.2) is 12.2 Å². The van der Waals surface area contributed by atoms with Crippen molar-refractivity contribution in [2.24, 2.45) is 0 Å². The zero-order chi connectivity index (χ0) is 13.8. The maximum absolute atomic E-state index is 13.7. The summed E-state index contributed by atoms with van der Waals surface area (Å²) in [6.07, 6.45) is -0.562. The SMILES string of the molecule is COc1ccc(CC(O)c2ccc(Cl)cc2F)cc1. The number of halogens is 2. The fourth-order valence-electron chi connectivity index (χ4n) is 1.87. The van der Waals surface area contributed by atoms with Gasteiger partial charge in [-0.3, -0.25) is 0 Å². The number of ether oxygens (including phenoxy) is 1. The lowest BCUT2D eigenvalue weighted by atomic mass is 10.0. The first kappa shape index (κ1) is 13.8. The minimum atomic E-state index is -0.898. The molecule has 100 valence electrons. The molecule has 2 aromatic rings. The first-order chi connectivity index (χ1) is 9.10. The van der Waals surface area contributed by atoms with Crippen LogP contribution in [0.15, 0.2) is 42.5 Å². The van der Waals surface area contributed by atoms with E-state index in [1.165, 1.54) is 12.1 Å². The van der Waals surface area contributed by atoms with E-state index in [-0.39, 0.29) is 5.56 Å². The number of benzene rings is 2. The van der Waals surface area contributed by atoms with E-state index in [1.807, 2.05) is 12.1 Å². The summed E-state index contributed by atoms with van der Waals surface area (Å²) in [5.74, 6) is 0.254. The molecule has 0 fully saturated rings. The number of aliphatic hydroxyl groups excluding tert-OH is 1. The van der Waals surface area contributed by atoms with Gasteiger partial charge >= 0.3 is 0 Å². The zero-order valence-corrected chi connectivity index (χ0v) is 11.2. The average molecular weight is 281 g/mol. The largest absolute Gasteiger partial charge is 0.497 e. The monoisotopic (exact) mass is 280 g/mol. The second-order valence-corrected chi connectivity index (χ2v) is 4.67. The van der Waals surface area contributed by atoms with E-state index in [9.17, 15) is 9.50 Å². The molecule has 0 spiro atoms. The van der Waals surface area contributed by atoms with Crippen molar-refractivity contribution >= 4 is 11.6 Å². The van der Waals surface area contributed by atoms with Crippen molar-refractivity contribution in [2.45, 2.75) is 12.5 Å². The highest BCUT2D eigenvalue weighted by Crippen LogP contribution is 2.24. The van der Waals surface area contributed by atoms with Gasteiger partial charge in [-0.2, -0.15) is 0 Å². The van der Waals surface area contributed by atoms with E-state index >= 15 is 0 Å². The predicted molar refractivity (Wildman–Crippen MR) is 73.1 cm³/mol. The van der Waals surface area contributed by atoms with Crippen molar-refractivity contribution in [2.75, 3.05) is 7.11 Å². The third-order valence-electron chi connectivity index (χ3n) is 2.91. The minimum absolute atomic E-state index is 0.250. The maximum atomic E-state index is 13.7. The Bertz CT molecular complexity index is 555. The Morgan fingerprint density at radius 1 is 1.21 bits per heavy atom. The van der Waals surface area contributed by atoms with Crippen LogP contribution in [-0.2, 0) is 6.42 Å². The number of hydrogen-bond acceptors (Lipinski definition) is 2. The Morgan fingerprint density at radius 3 is 2.47 bits per heavy atom. The maximum Gasteiger partial charge on any atom is 0.130 e. The van der Waals surface area contributed by atoms with E-state index < -0.39 is 11.9 Å². The molecule has 0 aliphatic carbocycles. The third-order valence-corrected chi connectivity index (χ3v) is 3.14. The zero-order valence-electron chi connectivity index (χ0n) is 10.4. The molecule has 2 aromatic carbocycles. The van der Waals surface area contributed by atoms with Crippen LogP contribution in [0, 0.1) is 5.82 Å². The molecule has 0 amide bonds. The normalized spacial score (nSPS) is 12.2. The topological polar surface area (TPSA) is 29.5 Å². The van der Waals surface area contributed by atoms with Gasteiger partial charge in [0.15, 0.2) is 0 Å². The molecular formula is C15H14ClFO2. The van der Waals surface area contributed by atoms with Gasteiger partial charge in [-0.05, 0) is 29.8 Å². The average Bonchev–Trinajstić information content (AvgIpc) is 2.39. The van der Waals surface area contributed by atoms with Crippen molar-refractivity contribution in [3.8, 4) is 5.75 Å². The van der Waals surface area contributed by atoms with Crippen LogP contribution in [0.4, 0.5) is 4.39 Å². The number of methoxy groups -OCH3 is 1. The van der Waals surface area contributed by atoms with Gasteiger partial charge in [0, 0.05) is 17.0 Å². The van der Waals surface area contributed by atoms with E-state index in [4.69, 9.17) is 16.3 Å². The summed E-state index contributed by atoms with van der Waals surface area (Å²) in [5, 5.41) is 10.4. The van der Waals surface area contributed by atoms with Crippen LogP contribution >= 0.6 is 11.6 Å². The molecule has 1 N–H and O–H groups in total. The number of rotatable bonds is 4. The van der Waals surface area contributed by atoms with Crippen LogP contribution in [0.5, 0.6) is 5.75 Å². The molecule has 0 aromatic heterocycles. The number of hydrogen-bond donors (Lipinski definition) is 1. The van der Waals surface area contributed by atoms with E-state index in [2.05, 4.69) is 0 Å². The summed E-state index contributed by atoms with van der Waals surface area (Å²) in [6, 6.07) is 11.6. The van der Waals surface area contributed by atoms with Gasteiger partial charge in [-0.15, -0.1) is 0 Å². The highest BCUT2D eigenvalue weighted by molar-refractivity contribution is 6.30. The van der Waals surface area contributed by atoms with E-state index in [1.54, 1.807) is 25.3 Å². The first-order valence-electron chi connectivity index (χ1n) is 5.86. The third kappa shape index (κ3) is 3.46. The summed E-state index contributed by atoms with van der Waals surface area (Å²) in [5.41, 5.74) is 1.16. The van der Waals surface area contributed by atoms with Crippen LogP contribution in [0.2, 0.25) is 5.02 Å². The Balaban J connectivity index is 2.13. The lowest BCUT2D eigenvalue weighted by Crippen LogP contribution is -2.04. The van der Waals surface area contributed by atoms with Gasteiger partial charge < -0.3 is 9.84 Å². The highest BCUT2D eigenvalue weighted by Gasteiger charge is 2.13. The molecule has 2 rings (SSSR count).